The minimum atomic E-state index is -0.467. The first-order valence-electron chi connectivity index (χ1n) is 11.5. The van der Waals surface area contributed by atoms with Crippen molar-refractivity contribution < 1.29 is 19.1 Å². The highest BCUT2D eigenvalue weighted by molar-refractivity contribution is 6.37. The minimum Gasteiger partial charge on any atom is -0.466 e. The number of carbonyl (C=O) groups is 3. The summed E-state index contributed by atoms with van der Waals surface area (Å²) in [4.78, 5) is 41.4. The molecule has 35 heavy (non-hydrogen) atoms. The zero-order valence-electron chi connectivity index (χ0n) is 19.5. The zero-order valence-corrected chi connectivity index (χ0v) is 21.0. The van der Waals surface area contributed by atoms with E-state index < -0.39 is 5.91 Å². The second-order valence-corrected chi connectivity index (χ2v) is 8.79. The van der Waals surface area contributed by atoms with E-state index in [2.05, 4.69) is 20.9 Å². The van der Waals surface area contributed by atoms with Crippen molar-refractivity contribution >= 4 is 58.2 Å². The van der Waals surface area contributed by atoms with Crippen LogP contribution < -0.4 is 16.0 Å². The number of benzene rings is 2. The number of esters is 1. The number of aliphatic imine (C=N–C) groups is 1. The van der Waals surface area contributed by atoms with E-state index in [9.17, 15) is 14.4 Å². The number of rotatable bonds is 9. The van der Waals surface area contributed by atoms with Crippen molar-refractivity contribution in [2.45, 2.75) is 39.0 Å². The molecule has 1 aliphatic heterocycles. The fourth-order valence-corrected chi connectivity index (χ4v) is 4.17. The first kappa shape index (κ1) is 26.5. The third-order valence-electron chi connectivity index (χ3n) is 5.25. The van der Waals surface area contributed by atoms with Crippen LogP contribution in [0.15, 0.2) is 41.4 Å². The number of hydrogen-bond acceptors (Lipinski definition) is 6. The fraction of sp³-hybridized carbons (Fsp3) is 0.360. The third kappa shape index (κ3) is 8.26. The maximum absolute atomic E-state index is 12.6. The lowest BCUT2D eigenvalue weighted by Crippen LogP contribution is -2.33. The smallest absolute Gasteiger partial charge is 0.306 e. The van der Waals surface area contributed by atoms with Crippen molar-refractivity contribution in [3.05, 3.63) is 57.6 Å². The van der Waals surface area contributed by atoms with Gasteiger partial charge in [-0.05, 0) is 62.1 Å². The second kappa shape index (κ2) is 13.1. The summed E-state index contributed by atoms with van der Waals surface area (Å²) in [5.74, 6) is -0.308. The van der Waals surface area contributed by atoms with E-state index in [0.29, 0.717) is 21.8 Å². The van der Waals surface area contributed by atoms with Crippen molar-refractivity contribution in [2.24, 2.45) is 4.99 Å². The number of carbonyl (C=O) groups excluding carboxylic acids is 3. The number of nitrogens with zero attached hydrogens (tertiary/aromatic N) is 1. The molecular formula is C25H28Cl2N4O4. The minimum absolute atomic E-state index is 0.112. The van der Waals surface area contributed by atoms with Crippen molar-refractivity contribution in [3.63, 3.8) is 0 Å². The monoisotopic (exact) mass is 518 g/mol. The number of aryl methyl sites for hydroxylation is 1. The van der Waals surface area contributed by atoms with E-state index in [1.165, 1.54) is 6.07 Å². The molecule has 1 heterocycles. The molecule has 2 aromatic carbocycles. The van der Waals surface area contributed by atoms with Crippen LogP contribution in [-0.4, -0.2) is 43.3 Å². The molecule has 0 aliphatic carbocycles. The molecule has 0 bridgehead atoms. The Labute approximate surface area is 214 Å². The van der Waals surface area contributed by atoms with Crippen LogP contribution in [0.3, 0.4) is 0 Å². The van der Waals surface area contributed by atoms with Crippen LogP contribution in [0.1, 0.15) is 48.5 Å². The first-order chi connectivity index (χ1) is 16.9. The maximum atomic E-state index is 12.6. The Morgan fingerprint density at radius 1 is 1.11 bits per heavy atom. The van der Waals surface area contributed by atoms with Gasteiger partial charge in [0.05, 0.1) is 23.9 Å². The number of ether oxygens (including phenoxy) is 1. The number of hydrogen-bond donors (Lipinski definition) is 3. The Morgan fingerprint density at radius 3 is 2.69 bits per heavy atom. The summed E-state index contributed by atoms with van der Waals surface area (Å²) in [6, 6.07) is 10.2. The van der Waals surface area contributed by atoms with E-state index in [0.717, 1.165) is 37.3 Å². The number of halogens is 2. The summed E-state index contributed by atoms with van der Waals surface area (Å²) in [6.45, 7) is 2.55. The van der Waals surface area contributed by atoms with Crippen molar-refractivity contribution in [3.8, 4) is 0 Å². The molecule has 0 radical (unpaired) electrons. The van der Waals surface area contributed by atoms with Gasteiger partial charge in [-0.15, -0.1) is 0 Å². The summed E-state index contributed by atoms with van der Waals surface area (Å²) in [5.41, 5.74) is 2.12. The Hall–Kier alpha value is -3.10. The molecule has 2 amide bonds. The quantitative estimate of drug-likeness (QED) is 0.411. The summed E-state index contributed by atoms with van der Waals surface area (Å²) in [7, 11) is 0. The van der Waals surface area contributed by atoms with Crippen LogP contribution >= 0.6 is 23.2 Å². The lowest BCUT2D eigenvalue weighted by atomic mass is 10.1. The van der Waals surface area contributed by atoms with Crippen LogP contribution in [0.4, 0.5) is 11.4 Å². The molecule has 0 aromatic heterocycles. The van der Waals surface area contributed by atoms with Crippen molar-refractivity contribution in [1.82, 2.24) is 5.32 Å². The summed E-state index contributed by atoms with van der Waals surface area (Å²) in [5, 5.41) is 9.19. The highest BCUT2D eigenvalue weighted by Gasteiger charge is 2.16. The van der Waals surface area contributed by atoms with E-state index >= 15 is 0 Å². The van der Waals surface area contributed by atoms with Crippen molar-refractivity contribution in [1.29, 1.82) is 0 Å². The number of amides is 2. The largest absolute Gasteiger partial charge is 0.466 e. The predicted octanol–water partition coefficient (Wildman–Crippen LogP) is 4.85. The molecule has 2 aromatic rings. The second-order valence-electron chi connectivity index (χ2n) is 7.95. The lowest BCUT2D eigenvalue weighted by Gasteiger charge is -2.15. The average Bonchev–Trinajstić information content (AvgIpc) is 2.84. The van der Waals surface area contributed by atoms with Gasteiger partial charge in [0.1, 0.15) is 5.84 Å². The molecule has 8 nitrogen and oxygen atoms in total. The predicted molar refractivity (Wildman–Crippen MR) is 139 cm³/mol. The van der Waals surface area contributed by atoms with E-state index in [1.54, 1.807) is 31.2 Å². The Bertz CT molecular complexity index is 1120. The maximum Gasteiger partial charge on any atom is 0.306 e. The number of anilines is 2. The molecule has 0 saturated heterocycles. The molecule has 0 atom stereocenters. The van der Waals surface area contributed by atoms with Crippen LogP contribution in [0.5, 0.6) is 0 Å². The third-order valence-corrected chi connectivity index (χ3v) is 5.77. The zero-order chi connectivity index (χ0) is 25.2. The highest BCUT2D eigenvalue weighted by Crippen LogP contribution is 2.31. The Balaban J connectivity index is 1.59. The molecule has 3 rings (SSSR count). The highest BCUT2D eigenvalue weighted by atomic mass is 35.5. The van der Waals surface area contributed by atoms with E-state index in [1.807, 2.05) is 6.07 Å². The van der Waals surface area contributed by atoms with Gasteiger partial charge in [0.25, 0.3) is 5.91 Å². The van der Waals surface area contributed by atoms with Gasteiger partial charge in [0.15, 0.2) is 0 Å². The molecule has 10 heteroatoms. The van der Waals surface area contributed by atoms with Gasteiger partial charge in [-0.2, -0.15) is 0 Å². The molecule has 0 saturated carbocycles. The number of nitrogens with one attached hydrogen (secondary N) is 3. The average molecular weight is 519 g/mol. The van der Waals surface area contributed by atoms with Crippen molar-refractivity contribution in [2.75, 3.05) is 30.3 Å². The summed E-state index contributed by atoms with van der Waals surface area (Å²) >= 11 is 12.4. The van der Waals surface area contributed by atoms with Gasteiger partial charge in [-0.3, -0.25) is 19.4 Å². The molecule has 0 spiro atoms. The summed E-state index contributed by atoms with van der Waals surface area (Å²) < 4.78 is 4.95. The van der Waals surface area contributed by atoms with E-state index in [4.69, 9.17) is 27.9 Å². The van der Waals surface area contributed by atoms with Crippen LogP contribution in [0.25, 0.3) is 0 Å². The molecule has 0 unspecified atom stereocenters. The lowest BCUT2D eigenvalue weighted by molar-refractivity contribution is -0.143. The SMILES string of the molecule is CCOC(=O)CCc1cc(Cl)cc(Cl)c1NC(=O)CNC(=O)c1cccc(NC2=NCCCC2)c1. The normalized spacial score (nSPS) is 12.9. The molecule has 186 valence electrons. The van der Waals surface area contributed by atoms with Crippen LogP contribution in [-0.2, 0) is 20.7 Å². The van der Waals surface area contributed by atoms with Gasteiger partial charge >= 0.3 is 5.97 Å². The van der Waals surface area contributed by atoms with Crippen LogP contribution in [0, 0.1) is 0 Å². The first-order valence-corrected chi connectivity index (χ1v) is 12.2. The van der Waals surface area contributed by atoms with E-state index in [-0.39, 0.29) is 42.9 Å². The Kier molecular flexibility index (Phi) is 9.93. The summed E-state index contributed by atoms with van der Waals surface area (Å²) in [6.07, 6.45) is 3.45. The van der Waals surface area contributed by atoms with Gasteiger partial charge < -0.3 is 20.7 Å². The fourth-order valence-electron chi connectivity index (χ4n) is 3.58. The van der Waals surface area contributed by atoms with Gasteiger partial charge in [0, 0.05) is 35.7 Å². The van der Waals surface area contributed by atoms with Gasteiger partial charge in [-0.1, -0.05) is 29.3 Å². The number of amidine groups is 1. The Morgan fingerprint density at radius 2 is 1.94 bits per heavy atom. The molecule has 1 aliphatic rings. The van der Waals surface area contributed by atoms with Gasteiger partial charge in [0.2, 0.25) is 5.91 Å². The van der Waals surface area contributed by atoms with Crippen LogP contribution in [0.2, 0.25) is 10.0 Å². The molecule has 3 N–H and O–H groups in total. The van der Waals surface area contributed by atoms with Gasteiger partial charge in [-0.25, -0.2) is 0 Å². The standard InChI is InChI=1S/C25H28Cl2N4O4/c1-2-35-23(33)10-9-16-12-18(26)14-20(27)24(16)31-22(32)15-29-25(34)17-6-5-7-19(13-17)30-21-8-3-4-11-28-21/h5-7,12-14H,2-4,8-11,15H2,1H3,(H,28,30)(H,29,34)(H,31,32). The molecule has 0 fully saturated rings. The molecular weight excluding hydrogens is 491 g/mol. The topological polar surface area (TPSA) is 109 Å².